The Morgan fingerprint density at radius 2 is 1.86 bits per heavy atom. The standard InChI is InChI=1S/C23H27N3O3/c1-5-6-9-18-20(21(27)26-15-8-7-10-19(26)25-18)16-11-13-17(14-12-16)24-22(28)29-23(2,3)4/h7-8,10-15H,5-6,9H2,1-4H3,(H,24,28). The molecule has 1 N–H and O–H groups in total. The van der Waals surface area contributed by atoms with Gasteiger partial charge in [-0.05, 0) is 63.4 Å². The van der Waals surface area contributed by atoms with E-state index in [-0.39, 0.29) is 5.56 Å². The van der Waals surface area contributed by atoms with Crippen LogP contribution in [0.5, 0.6) is 0 Å². The van der Waals surface area contributed by atoms with Crippen LogP contribution in [0.4, 0.5) is 10.5 Å². The number of benzene rings is 1. The number of nitrogens with one attached hydrogen (secondary N) is 1. The first-order chi connectivity index (χ1) is 13.8. The predicted molar refractivity (Wildman–Crippen MR) is 115 cm³/mol. The summed E-state index contributed by atoms with van der Waals surface area (Å²) in [4.78, 5) is 29.9. The molecule has 0 unspecified atom stereocenters. The van der Waals surface area contributed by atoms with E-state index in [9.17, 15) is 9.59 Å². The SMILES string of the molecule is CCCCc1nc2ccccn2c(=O)c1-c1ccc(NC(=O)OC(C)(C)C)cc1. The van der Waals surface area contributed by atoms with E-state index in [4.69, 9.17) is 9.72 Å². The van der Waals surface area contributed by atoms with E-state index < -0.39 is 11.7 Å². The second-order valence-corrected chi connectivity index (χ2v) is 7.98. The molecule has 152 valence electrons. The van der Waals surface area contributed by atoms with Crippen LogP contribution in [0.3, 0.4) is 0 Å². The van der Waals surface area contributed by atoms with Crippen molar-refractivity contribution in [2.75, 3.05) is 5.32 Å². The molecule has 1 aromatic carbocycles. The molecule has 0 spiro atoms. The molecule has 3 rings (SSSR count). The molecular weight excluding hydrogens is 366 g/mol. The number of rotatable bonds is 5. The van der Waals surface area contributed by atoms with Gasteiger partial charge in [0.1, 0.15) is 11.2 Å². The van der Waals surface area contributed by atoms with Gasteiger partial charge in [0.05, 0.1) is 11.3 Å². The lowest BCUT2D eigenvalue weighted by Gasteiger charge is -2.19. The first kappa shape index (κ1) is 20.6. The summed E-state index contributed by atoms with van der Waals surface area (Å²) in [6.45, 7) is 7.56. The Balaban J connectivity index is 1.96. The summed E-state index contributed by atoms with van der Waals surface area (Å²) in [6.07, 6.45) is 3.94. The second kappa shape index (κ2) is 8.47. The lowest BCUT2D eigenvalue weighted by atomic mass is 10.0. The third kappa shape index (κ3) is 5.02. The average molecular weight is 393 g/mol. The van der Waals surface area contributed by atoms with Crippen LogP contribution in [-0.2, 0) is 11.2 Å². The van der Waals surface area contributed by atoms with Crippen LogP contribution in [0, 0.1) is 0 Å². The number of hydrogen-bond acceptors (Lipinski definition) is 4. The highest BCUT2D eigenvalue weighted by Crippen LogP contribution is 2.23. The smallest absolute Gasteiger partial charge is 0.412 e. The predicted octanol–water partition coefficient (Wildman–Crippen LogP) is 5.05. The monoisotopic (exact) mass is 393 g/mol. The molecule has 2 heterocycles. The zero-order valence-corrected chi connectivity index (χ0v) is 17.4. The van der Waals surface area contributed by atoms with Crippen molar-refractivity contribution in [2.45, 2.75) is 52.6 Å². The molecule has 3 aromatic rings. The number of fused-ring (bicyclic) bond motifs is 1. The Morgan fingerprint density at radius 1 is 1.14 bits per heavy atom. The van der Waals surface area contributed by atoms with Crippen molar-refractivity contribution in [3.8, 4) is 11.1 Å². The van der Waals surface area contributed by atoms with Gasteiger partial charge < -0.3 is 4.74 Å². The first-order valence-corrected chi connectivity index (χ1v) is 9.89. The lowest BCUT2D eigenvalue weighted by Crippen LogP contribution is -2.27. The lowest BCUT2D eigenvalue weighted by molar-refractivity contribution is 0.0636. The second-order valence-electron chi connectivity index (χ2n) is 7.98. The van der Waals surface area contributed by atoms with E-state index in [2.05, 4.69) is 12.2 Å². The van der Waals surface area contributed by atoms with Crippen molar-refractivity contribution in [3.63, 3.8) is 0 Å². The zero-order valence-electron chi connectivity index (χ0n) is 17.4. The number of aromatic nitrogens is 2. The number of aryl methyl sites for hydroxylation is 1. The Bertz CT molecular complexity index is 1060. The van der Waals surface area contributed by atoms with E-state index >= 15 is 0 Å². The van der Waals surface area contributed by atoms with Gasteiger partial charge in [-0.1, -0.05) is 31.5 Å². The van der Waals surface area contributed by atoms with Crippen molar-refractivity contribution in [1.82, 2.24) is 9.38 Å². The molecule has 2 aromatic heterocycles. The highest BCUT2D eigenvalue weighted by molar-refractivity contribution is 5.85. The molecule has 0 aliphatic heterocycles. The quantitative estimate of drug-likeness (QED) is 0.658. The molecule has 0 fully saturated rings. The molecule has 0 aliphatic rings. The average Bonchev–Trinajstić information content (AvgIpc) is 2.66. The fraction of sp³-hybridized carbons (Fsp3) is 0.348. The number of pyridine rings is 1. The highest BCUT2D eigenvalue weighted by Gasteiger charge is 2.17. The van der Waals surface area contributed by atoms with Gasteiger partial charge in [-0.2, -0.15) is 0 Å². The van der Waals surface area contributed by atoms with Crippen molar-refractivity contribution in [1.29, 1.82) is 0 Å². The third-order valence-corrected chi connectivity index (χ3v) is 4.40. The van der Waals surface area contributed by atoms with E-state index in [0.717, 1.165) is 30.5 Å². The van der Waals surface area contributed by atoms with Gasteiger partial charge in [-0.25, -0.2) is 9.78 Å². The van der Waals surface area contributed by atoms with Gasteiger partial charge in [0.25, 0.3) is 5.56 Å². The number of carbonyl (C=O) groups is 1. The molecule has 0 bridgehead atoms. The van der Waals surface area contributed by atoms with Gasteiger partial charge in [0, 0.05) is 11.9 Å². The Hall–Kier alpha value is -3.15. The van der Waals surface area contributed by atoms with Crippen molar-refractivity contribution in [3.05, 3.63) is 64.7 Å². The van der Waals surface area contributed by atoms with Crippen LogP contribution in [0.2, 0.25) is 0 Å². The topological polar surface area (TPSA) is 72.7 Å². The van der Waals surface area contributed by atoms with Gasteiger partial charge in [0.2, 0.25) is 0 Å². The summed E-state index contributed by atoms with van der Waals surface area (Å²) in [7, 11) is 0. The van der Waals surface area contributed by atoms with Crippen LogP contribution < -0.4 is 10.9 Å². The van der Waals surface area contributed by atoms with Crippen LogP contribution >= 0.6 is 0 Å². The van der Waals surface area contributed by atoms with E-state index in [1.807, 2.05) is 51.1 Å². The molecule has 6 heteroatoms. The van der Waals surface area contributed by atoms with Crippen molar-refractivity contribution >= 4 is 17.4 Å². The van der Waals surface area contributed by atoms with Crippen LogP contribution in [0.25, 0.3) is 16.8 Å². The minimum absolute atomic E-state index is 0.0884. The van der Waals surface area contributed by atoms with Crippen LogP contribution in [0.15, 0.2) is 53.5 Å². The molecule has 0 radical (unpaired) electrons. The normalized spacial score (nSPS) is 11.4. The number of carbonyl (C=O) groups excluding carboxylic acids is 1. The third-order valence-electron chi connectivity index (χ3n) is 4.40. The van der Waals surface area contributed by atoms with Crippen molar-refractivity contribution < 1.29 is 9.53 Å². The molecule has 0 saturated heterocycles. The van der Waals surface area contributed by atoms with Crippen molar-refractivity contribution in [2.24, 2.45) is 0 Å². The van der Waals surface area contributed by atoms with Gasteiger partial charge in [0.15, 0.2) is 0 Å². The van der Waals surface area contributed by atoms with Crippen LogP contribution in [0.1, 0.15) is 46.2 Å². The summed E-state index contributed by atoms with van der Waals surface area (Å²) in [5.74, 6) is 0. The Kier molecular flexibility index (Phi) is 6.01. The Morgan fingerprint density at radius 3 is 2.52 bits per heavy atom. The molecule has 1 amide bonds. The molecule has 0 atom stereocenters. The van der Waals surface area contributed by atoms with Gasteiger partial charge in [-0.3, -0.25) is 14.5 Å². The number of nitrogens with zero attached hydrogens (tertiary/aromatic N) is 2. The molecular formula is C23H27N3O3. The maximum Gasteiger partial charge on any atom is 0.412 e. The van der Waals surface area contributed by atoms with Crippen LogP contribution in [-0.4, -0.2) is 21.1 Å². The maximum atomic E-state index is 13.2. The van der Waals surface area contributed by atoms with E-state index in [1.165, 1.54) is 0 Å². The number of ether oxygens (including phenoxy) is 1. The minimum atomic E-state index is -0.566. The molecule has 0 aliphatic carbocycles. The number of amides is 1. The molecule has 0 saturated carbocycles. The fourth-order valence-electron chi connectivity index (χ4n) is 3.09. The zero-order chi connectivity index (χ0) is 21.0. The Labute approximate surface area is 170 Å². The number of hydrogen-bond donors (Lipinski definition) is 1. The summed E-state index contributed by atoms with van der Waals surface area (Å²) in [5.41, 5.74) is 2.78. The minimum Gasteiger partial charge on any atom is -0.444 e. The first-order valence-electron chi connectivity index (χ1n) is 9.89. The number of unbranched alkanes of at least 4 members (excludes halogenated alkanes) is 1. The summed E-state index contributed by atoms with van der Waals surface area (Å²) >= 11 is 0. The van der Waals surface area contributed by atoms with E-state index in [1.54, 1.807) is 22.7 Å². The molecule has 29 heavy (non-hydrogen) atoms. The van der Waals surface area contributed by atoms with Gasteiger partial charge in [-0.15, -0.1) is 0 Å². The summed E-state index contributed by atoms with van der Waals surface area (Å²) < 4.78 is 6.84. The highest BCUT2D eigenvalue weighted by atomic mass is 16.6. The number of anilines is 1. The van der Waals surface area contributed by atoms with E-state index in [0.29, 0.717) is 16.9 Å². The van der Waals surface area contributed by atoms with Gasteiger partial charge >= 0.3 is 6.09 Å². The fourth-order valence-corrected chi connectivity index (χ4v) is 3.09. The summed E-state index contributed by atoms with van der Waals surface area (Å²) in [5, 5.41) is 2.71. The summed E-state index contributed by atoms with van der Waals surface area (Å²) in [6, 6.07) is 12.7. The largest absolute Gasteiger partial charge is 0.444 e. The molecule has 6 nitrogen and oxygen atoms in total. The maximum absolute atomic E-state index is 13.2.